The molecule has 0 aliphatic carbocycles. The van der Waals surface area contributed by atoms with Crippen LogP contribution in [0, 0.1) is 0 Å². The molecule has 2 rings (SSSR count). The Hall–Kier alpha value is -0.440. The number of halogens is 2. The van der Waals surface area contributed by atoms with Gasteiger partial charge in [-0.25, -0.2) is 0 Å². The summed E-state index contributed by atoms with van der Waals surface area (Å²) < 4.78 is 5.28. The zero-order valence-electron chi connectivity index (χ0n) is 6.18. The summed E-state index contributed by atoms with van der Waals surface area (Å²) in [6, 6.07) is 3.34. The monoisotopic (exact) mass is 203 g/mol. The van der Waals surface area contributed by atoms with Gasteiger partial charge in [-0.05, 0) is 12.1 Å². The first-order valence-corrected chi connectivity index (χ1v) is 4.31. The minimum Gasteiger partial charge on any atom is -0.490 e. The lowest BCUT2D eigenvalue weighted by Crippen LogP contribution is -2.10. The Morgan fingerprint density at radius 1 is 1.42 bits per heavy atom. The van der Waals surface area contributed by atoms with Crippen LogP contribution in [0.25, 0.3) is 0 Å². The van der Waals surface area contributed by atoms with Gasteiger partial charge in [0.25, 0.3) is 0 Å². The Morgan fingerprint density at radius 3 is 2.92 bits per heavy atom. The lowest BCUT2D eigenvalue weighted by molar-refractivity contribution is 0.333. The van der Waals surface area contributed by atoms with Crippen molar-refractivity contribution in [2.75, 3.05) is 6.61 Å². The first-order chi connectivity index (χ1) is 5.68. The molecule has 2 nitrogen and oxygen atoms in total. The van der Waals surface area contributed by atoms with Crippen LogP contribution in [0.3, 0.4) is 0 Å². The van der Waals surface area contributed by atoms with E-state index in [1.165, 1.54) is 0 Å². The molecule has 0 aromatic heterocycles. The fourth-order valence-corrected chi connectivity index (χ4v) is 1.83. The third-order valence-corrected chi connectivity index (χ3v) is 2.34. The maximum absolute atomic E-state index is 5.88. The van der Waals surface area contributed by atoms with Crippen molar-refractivity contribution in [2.45, 2.75) is 6.04 Å². The van der Waals surface area contributed by atoms with Crippen molar-refractivity contribution in [3.63, 3.8) is 0 Å². The van der Waals surface area contributed by atoms with Crippen molar-refractivity contribution >= 4 is 23.2 Å². The van der Waals surface area contributed by atoms with E-state index in [2.05, 4.69) is 0 Å². The topological polar surface area (TPSA) is 35.2 Å². The smallest absolute Gasteiger partial charge is 0.142 e. The second-order valence-corrected chi connectivity index (χ2v) is 3.57. The molecule has 4 heteroatoms. The Bertz CT molecular complexity index is 327. The average Bonchev–Trinajstić information content (AvgIpc) is 2.33. The van der Waals surface area contributed by atoms with Gasteiger partial charge in [-0.1, -0.05) is 23.2 Å². The van der Waals surface area contributed by atoms with Gasteiger partial charge >= 0.3 is 0 Å². The lowest BCUT2D eigenvalue weighted by atomic mass is 10.1. The Labute approximate surface area is 80.2 Å². The quantitative estimate of drug-likeness (QED) is 0.704. The van der Waals surface area contributed by atoms with Crippen LogP contribution in [0.15, 0.2) is 12.1 Å². The van der Waals surface area contributed by atoms with E-state index in [4.69, 9.17) is 33.7 Å². The van der Waals surface area contributed by atoms with Crippen LogP contribution in [0.2, 0.25) is 10.0 Å². The van der Waals surface area contributed by atoms with E-state index >= 15 is 0 Å². The molecule has 1 heterocycles. The molecule has 2 N–H and O–H groups in total. The molecule has 1 atom stereocenters. The molecule has 1 aliphatic rings. The molecule has 0 saturated carbocycles. The average molecular weight is 204 g/mol. The summed E-state index contributed by atoms with van der Waals surface area (Å²) in [5.41, 5.74) is 6.64. The SMILES string of the molecule is N[C@H]1COc2c(Cl)cc(Cl)cc21. The Balaban J connectivity index is 2.60. The van der Waals surface area contributed by atoms with Gasteiger partial charge in [0.2, 0.25) is 0 Å². The van der Waals surface area contributed by atoms with Gasteiger partial charge in [0, 0.05) is 10.6 Å². The maximum atomic E-state index is 5.88. The van der Waals surface area contributed by atoms with E-state index in [0.29, 0.717) is 22.4 Å². The van der Waals surface area contributed by atoms with Crippen LogP contribution in [0.5, 0.6) is 5.75 Å². The predicted molar refractivity (Wildman–Crippen MR) is 48.9 cm³/mol. The summed E-state index contributed by atoms with van der Waals surface area (Å²) in [5.74, 6) is 0.675. The Kier molecular flexibility index (Phi) is 1.91. The first kappa shape index (κ1) is 8.17. The van der Waals surface area contributed by atoms with Gasteiger partial charge in [-0.3, -0.25) is 0 Å². The molecule has 0 saturated heterocycles. The highest BCUT2D eigenvalue weighted by Crippen LogP contribution is 2.39. The molecule has 64 valence electrons. The summed E-state index contributed by atoms with van der Waals surface area (Å²) in [4.78, 5) is 0. The first-order valence-electron chi connectivity index (χ1n) is 3.56. The van der Waals surface area contributed by atoms with Crippen LogP contribution in [-0.4, -0.2) is 6.61 Å². The van der Waals surface area contributed by atoms with Gasteiger partial charge in [0.05, 0.1) is 11.1 Å². The third kappa shape index (κ3) is 1.16. The van der Waals surface area contributed by atoms with Crippen molar-refractivity contribution in [2.24, 2.45) is 5.73 Å². The van der Waals surface area contributed by atoms with Crippen molar-refractivity contribution in [1.29, 1.82) is 0 Å². The molecule has 1 aromatic carbocycles. The molecule has 0 fully saturated rings. The van der Waals surface area contributed by atoms with Crippen molar-refractivity contribution in [3.8, 4) is 5.75 Å². The van der Waals surface area contributed by atoms with Crippen molar-refractivity contribution in [3.05, 3.63) is 27.7 Å². The summed E-state index contributed by atoms with van der Waals surface area (Å²) in [7, 11) is 0. The minimum atomic E-state index is -0.101. The van der Waals surface area contributed by atoms with Crippen LogP contribution >= 0.6 is 23.2 Å². The summed E-state index contributed by atoms with van der Waals surface area (Å²) in [5, 5.41) is 1.13. The van der Waals surface area contributed by atoms with E-state index in [9.17, 15) is 0 Å². The summed E-state index contributed by atoms with van der Waals surface area (Å²) >= 11 is 11.7. The van der Waals surface area contributed by atoms with Gasteiger partial charge in [0.1, 0.15) is 12.4 Å². The molecular weight excluding hydrogens is 197 g/mol. The van der Waals surface area contributed by atoms with Gasteiger partial charge in [-0.2, -0.15) is 0 Å². The summed E-state index contributed by atoms with van der Waals surface area (Å²) in [6.45, 7) is 0.482. The van der Waals surface area contributed by atoms with E-state index in [1.807, 2.05) is 0 Å². The number of benzene rings is 1. The lowest BCUT2D eigenvalue weighted by Gasteiger charge is -2.02. The number of rotatable bonds is 0. The molecule has 0 radical (unpaired) electrons. The summed E-state index contributed by atoms with van der Waals surface area (Å²) in [6.07, 6.45) is 0. The molecular formula is C8H7Cl2NO. The highest BCUT2D eigenvalue weighted by atomic mass is 35.5. The molecule has 0 amide bonds. The molecule has 0 unspecified atom stereocenters. The molecule has 0 bridgehead atoms. The van der Waals surface area contributed by atoms with Crippen LogP contribution in [0.4, 0.5) is 0 Å². The zero-order chi connectivity index (χ0) is 8.72. The number of hydrogen-bond donors (Lipinski definition) is 1. The van der Waals surface area contributed by atoms with Crippen LogP contribution < -0.4 is 10.5 Å². The zero-order valence-corrected chi connectivity index (χ0v) is 7.69. The molecule has 0 spiro atoms. The third-order valence-electron chi connectivity index (χ3n) is 1.84. The van der Waals surface area contributed by atoms with Crippen LogP contribution in [-0.2, 0) is 0 Å². The van der Waals surface area contributed by atoms with E-state index in [-0.39, 0.29) is 6.04 Å². The number of nitrogens with two attached hydrogens (primary N) is 1. The highest BCUT2D eigenvalue weighted by Gasteiger charge is 2.23. The number of fused-ring (bicyclic) bond motifs is 1. The normalized spacial score (nSPS) is 20.4. The molecule has 1 aromatic rings. The predicted octanol–water partition coefficient (Wildman–Crippen LogP) is 2.39. The van der Waals surface area contributed by atoms with Gasteiger partial charge in [0.15, 0.2) is 0 Å². The highest BCUT2D eigenvalue weighted by molar-refractivity contribution is 6.35. The number of ether oxygens (including phenoxy) is 1. The standard InChI is InChI=1S/C8H7Cl2NO/c9-4-1-5-7(11)3-12-8(5)6(10)2-4/h1-2,7H,3,11H2/t7-/m0/s1. The van der Waals surface area contributed by atoms with E-state index < -0.39 is 0 Å². The minimum absolute atomic E-state index is 0.101. The van der Waals surface area contributed by atoms with Crippen molar-refractivity contribution < 1.29 is 4.74 Å². The largest absolute Gasteiger partial charge is 0.490 e. The fourth-order valence-electron chi connectivity index (χ4n) is 1.27. The Morgan fingerprint density at radius 2 is 2.17 bits per heavy atom. The van der Waals surface area contributed by atoms with Crippen LogP contribution in [0.1, 0.15) is 11.6 Å². The van der Waals surface area contributed by atoms with E-state index in [1.54, 1.807) is 12.1 Å². The number of hydrogen-bond acceptors (Lipinski definition) is 2. The molecule has 1 aliphatic heterocycles. The van der Waals surface area contributed by atoms with Gasteiger partial charge < -0.3 is 10.5 Å². The van der Waals surface area contributed by atoms with Crippen molar-refractivity contribution in [1.82, 2.24) is 0 Å². The van der Waals surface area contributed by atoms with E-state index in [0.717, 1.165) is 5.56 Å². The second-order valence-electron chi connectivity index (χ2n) is 2.72. The fraction of sp³-hybridized carbons (Fsp3) is 0.250. The molecule has 12 heavy (non-hydrogen) atoms. The van der Waals surface area contributed by atoms with Gasteiger partial charge in [-0.15, -0.1) is 0 Å². The maximum Gasteiger partial charge on any atom is 0.142 e. The second kappa shape index (κ2) is 2.80.